The van der Waals surface area contributed by atoms with E-state index in [1.54, 1.807) is 12.1 Å². The van der Waals surface area contributed by atoms with Gasteiger partial charge in [-0.2, -0.15) is 0 Å². The van der Waals surface area contributed by atoms with E-state index in [4.69, 9.17) is 0 Å². The van der Waals surface area contributed by atoms with Crippen LogP contribution in [-0.2, 0) is 4.79 Å². The van der Waals surface area contributed by atoms with E-state index in [-0.39, 0.29) is 11.1 Å². The van der Waals surface area contributed by atoms with E-state index in [0.29, 0.717) is 10.6 Å². The van der Waals surface area contributed by atoms with Crippen molar-refractivity contribution < 1.29 is 9.59 Å². The number of anilines is 1. The van der Waals surface area contributed by atoms with Gasteiger partial charge in [0.05, 0.1) is 10.6 Å². The van der Waals surface area contributed by atoms with Gasteiger partial charge in [0.2, 0.25) is 0 Å². The standard InChI is InChI=1S/C20H17NO2S/c1-14-7-6-10-17(12-14)21-19(22)18(24-20(21)23)13-15(2)11-16-8-4-3-5-9-16/h3-13H,1-2H3/b15-11+,18-13-. The van der Waals surface area contributed by atoms with Crippen molar-refractivity contribution in [3.05, 3.63) is 82.3 Å². The molecule has 1 fully saturated rings. The highest BCUT2D eigenvalue weighted by Gasteiger charge is 2.36. The monoisotopic (exact) mass is 335 g/mol. The molecule has 0 N–H and O–H groups in total. The third-order valence-electron chi connectivity index (χ3n) is 3.61. The van der Waals surface area contributed by atoms with E-state index in [1.165, 1.54) is 4.90 Å². The van der Waals surface area contributed by atoms with Crippen LogP contribution >= 0.6 is 11.8 Å². The molecular weight excluding hydrogens is 318 g/mol. The molecule has 0 bridgehead atoms. The van der Waals surface area contributed by atoms with Crippen LogP contribution in [0.15, 0.2) is 71.2 Å². The van der Waals surface area contributed by atoms with E-state index in [0.717, 1.165) is 28.5 Å². The largest absolute Gasteiger partial charge is 0.298 e. The van der Waals surface area contributed by atoms with E-state index in [2.05, 4.69) is 0 Å². The SMILES string of the molecule is CC(/C=C1\SC(=O)N(c2cccc(C)c2)C1=O)=C\c1ccccc1. The molecule has 4 heteroatoms. The van der Waals surface area contributed by atoms with Crippen molar-refractivity contribution in [3.63, 3.8) is 0 Å². The molecule has 3 rings (SSSR count). The summed E-state index contributed by atoms with van der Waals surface area (Å²) in [5, 5.41) is -0.260. The Hall–Kier alpha value is -2.59. The second kappa shape index (κ2) is 6.89. The summed E-state index contributed by atoms with van der Waals surface area (Å²) in [7, 11) is 0. The molecule has 120 valence electrons. The molecule has 1 heterocycles. The van der Waals surface area contributed by atoms with Crippen LogP contribution in [0.4, 0.5) is 10.5 Å². The molecule has 2 aromatic carbocycles. The summed E-state index contributed by atoms with van der Waals surface area (Å²) in [5.74, 6) is -0.267. The first-order valence-electron chi connectivity index (χ1n) is 7.62. The Morgan fingerprint density at radius 1 is 1.04 bits per heavy atom. The summed E-state index contributed by atoms with van der Waals surface area (Å²) in [6.45, 7) is 3.86. The molecular formula is C20H17NO2S. The Morgan fingerprint density at radius 3 is 2.50 bits per heavy atom. The first kappa shape index (κ1) is 16.3. The number of nitrogens with zero attached hydrogens (tertiary/aromatic N) is 1. The predicted octanol–water partition coefficient (Wildman–Crippen LogP) is 5.18. The molecule has 1 aliphatic heterocycles. The van der Waals surface area contributed by atoms with Gasteiger partial charge in [0.15, 0.2) is 0 Å². The maximum atomic E-state index is 12.6. The fourth-order valence-electron chi connectivity index (χ4n) is 2.52. The van der Waals surface area contributed by atoms with Gasteiger partial charge in [0.25, 0.3) is 11.1 Å². The zero-order valence-corrected chi connectivity index (χ0v) is 14.3. The van der Waals surface area contributed by atoms with Crippen LogP contribution in [0.3, 0.4) is 0 Å². The second-order valence-corrected chi connectivity index (χ2v) is 6.65. The van der Waals surface area contributed by atoms with Crippen molar-refractivity contribution in [1.29, 1.82) is 0 Å². The number of benzene rings is 2. The van der Waals surface area contributed by atoms with Gasteiger partial charge in [-0.05, 0) is 60.5 Å². The van der Waals surface area contributed by atoms with Gasteiger partial charge in [0.1, 0.15) is 0 Å². The second-order valence-electron chi connectivity index (χ2n) is 5.66. The fraction of sp³-hybridized carbons (Fsp3) is 0.100. The summed E-state index contributed by atoms with van der Waals surface area (Å²) >= 11 is 0.979. The van der Waals surface area contributed by atoms with Crippen LogP contribution in [0.2, 0.25) is 0 Å². The van der Waals surface area contributed by atoms with Crippen LogP contribution in [0.1, 0.15) is 18.1 Å². The highest BCUT2D eigenvalue weighted by molar-refractivity contribution is 8.18. The molecule has 2 amide bonds. The Balaban J connectivity index is 1.87. The van der Waals surface area contributed by atoms with Gasteiger partial charge < -0.3 is 0 Å². The Morgan fingerprint density at radius 2 is 1.79 bits per heavy atom. The van der Waals surface area contributed by atoms with Crippen LogP contribution in [0.5, 0.6) is 0 Å². The van der Waals surface area contributed by atoms with Gasteiger partial charge >= 0.3 is 0 Å². The molecule has 1 aliphatic rings. The molecule has 0 spiro atoms. The molecule has 24 heavy (non-hydrogen) atoms. The lowest BCUT2D eigenvalue weighted by atomic mass is 10.1. The lowest BCUT2D eigenvalue weighted by Gasteiger charge is -2.12. The molecule has 0 aromatic heterocycles. The molecule has 0 atom stereocenters. The molecule has 0 saturated carbocycles. The number of amides is 2. The van der Waals surface area contributed by atoms with Crippen molar-refractivity contribution in [2.75, 3.05) is 4.90 Å². The molecule has 2 aromatic rings. The van der Waals surface area contributed by atoms with Gasteiger partial charge in [-0.3, -0.25) is 9.59 Å². The predicted molar refractivity (Wildman–Crippen MR) is 99.8 cm³/mol. The minimum absolute atomic E-state index is 0.260. The van der Waals surface area contributed by atoms with E-state index in [9.17, 15) is 9.59 Å². The first-order valence-corrected chi connectivity index (χ1v) is 8.44. The van der Waals surface area contributed by atoms with Crippen LogP contribution in [-0.4, -0.2) is 11.1 Å². The molecule has 3 nitrogen and oxygen atoms in total. The number of allylic oxidation sites excluding steroid dienone is 2. The minimum Gasteiger partial charge on any atom is -0.268 e. The summed E-state index contributed by atoms with van der Waals surface area (Å²) in [4.78, 5) is 26.5. The highest BCUT2D eigenvalue weighted by Crippen LogP contribution is 2.35. The fourth-order valence-corrected chi connectivity index (χ4v) is 3.41. The average Bonchev–Trinajstić information content (AvgIpc) is 2.82. The lowest BCUT2D eigenvalue weighted by molar-refractivity contribution is -0.113. The Labute approximate surface area is 145 Å². The maximum Gasteiger partial charge on any atom is 0.298 e. The number of rotatable bonds is 3. The quantitative estimate of drug-likeness (QED) is 0.725. The summed E-state index contributed by atoms with van der Waals surface area (Å²) in [6, 6.07) is 17.3. The van der Waals surface area contributed by atoms with E-state index in [1.807, 2.05) is 68.5 Å². The van der Waals surface area contributed by atoms with Gasteiger partial charge in [-0.1, -0.05) is 48.5 Å². The molecule has 0 unspecified atom stereocenters. The number of aryl methyl sites for hydroxylation is 1. The number of imide groups is 1. The zero-order chi connectivity index (χ0) is 17.1. The number of thioether (sulfide) groups is 1. The van der Waals surface area contributed by atoms with Gasteiger partial charge in [-0.15, -0.1) is 0 Å². The van der Waals surface area contributed by atoms with E-state index < -0.39 is 0 Å². The van der Waals surface area contributed by atoms with Crippen LogP contribution in [0.25, 0.3) is 6.08 Å². The van der Waals surface area contributed by atoms with Crippen molar-refractivity contribution in [3.8, 4) is 0 Å². The zero-order valence-electron chi connectivity index (χ0n) is 13.5. The molecule has 0 radical (unpaired) electrons. The molecule has 0 aliphatic carbocycles. The smallest absolute Gasteiger partial charge is 0.268 e. The lowest BCUT2D eigenvalue weighted by Crippen LogP contribution is -2.27. The topological polar surface area (TPSA) is 37.4 Å². The minimum atomic E-state index is -0.267. The third-order valence-corrected chi connectivity index (χ3v) is 4.48. The number of carbonyl (C=O) groups excluding carboxylic acids is 2. The van der Waals surface area contributed by atoms with Crippen molar-refractivity contribution in [2.24, 2.45) is 0 Å². The number of hydrogen-bond acceptors (Lipinski definition) is 3. The van der Waals surface area contributed by atoms with Crippen LogP contribution in [0, 0.1) is 6.92 Å². The van der Waals surface area contributed by atoms with Crippen molar-refractivity contribution in [2.45, 2.75) is 13.8 Å². The first-order chi connectivity index (χ1) is 11.5. The van der Waals surface area contributed by atoms with Gasteiger partial charge in [0, 0.05) is 0 Å². The Kier molecular flexibility index (Phi) is 4.67. The normalized spacial score (nSPS) is 17.0. The van der Waals surface area contributed by atoms with Crippen LogP contribution < -0.4 is 4.90 Å². The van der Waals surface area contributed by atoms with Crippen molar-refractivity contribution >= 4 is 34.7 Å². The summed E-state index contributed by atoms with van der Waals surface area (Å²) < 4.78 is 0. The van der Waals surface area contributed by atoms with Gasteiger partial charge in [-0.25, -0.2) is 4.90 Å². The Bertz CT molecular complexity index is 853. The summed E-state index contributed by atoms with van der Waals surface area (Å²) in [5.41, 5.74) is 3.61. The third kappa shape index (κ3) is 3.49. The average molecular weight is 335 g/mol. The highest BCUT2D eigenvalue weighted by atomic mass is 32.2. The van der Waals surface area contributed by atoms with Crippen molar-refractivity contribution in [1.82, 2.24) is 0 Å². The number of hydrogen-bond donors (Lipinski definition) is 0. The molecule has 1 saturated heterocycles. The number of carbonyl (C=O) groups is 2. The summed E-state index contributed by atoms with van der Waals surface area (Å²) in [6.07, 6.45) is 3.76. The maximum absolute atomic E-state index is 12.6. The van der Waals surface area contributed by atoms with E-state index >= 15 is 0 Å².